The van der Waals surface area contributed by atoms with Crippen LogP contribution in [0, 0.1) is 0 Å². The molecule has 0 spiro atoms. The lowest BCUT2D eigenvalue weighted by atomic mass is 10.2. The molecule has 1 fully saturated rings. The van der Waals surface area contributed by atoms with Gasteiger partial charge in [-0.05, 0) is 13.0 Å². The monoisotopic (exact) mass is 343 g/mol. The van der Waals surface area contributed by atoms with E-state index in [1.54, 1.807) is 0 Å². The maximum absolute atomic E-state index is 5.91. The fourth-order valence-corrected chi connectivity index (χ4v) is 2.69. The van der Waals surface area contributed by atoms with Crippen molar-refractivity contribution in [1.82, 2.24) is 15.4 Å². The number of hydrogen-bond donors (Lipinski definition) is 2. The van der Waals surface area contributed by atoms with E-state index in [9.17, 15) is 0 Å². The van der Waals surface area contributed by atoms with Crippen LogP contribution < -0.4 is 11.1 Å². The van der Waals surface area contributed by atoms with Gasteiger partial charge in [0.2, 0.25) is 0 Å². The second kappa shape index (κ2) is 9.19. The van der Waals surface area contributed by atoms with Crippen LogP contribution in [0.1, 0.15) is 12.1 Å². The molecule has 7 nitrogen and oxygen atoms in total. The van der Waals surface area contributed by atoms with Gasteiger partial charge in [-0.3, -0.25) is 4.90 Å². The van der Waals surface area contributed by atoms with Crippen LogP contribution in [0.15, 0.2) is 45.9 Å². The van der Waals surface area contributed by atoms with E-state index in [-0.39, 0.29) is 0 Å². The molecule has 7 heteroatoms. The maximum atomic E-state index is 5.91. The summed E-state index contributed by atoms with van der Waals surface area (Å²) in [5.74, 6) is 1.18. The van der Waals surface area contributed by atoms with Gasteiger partial charge in [0.25, 0.3) is 0 Å². The Morgan fingerprint density at radius 3 is 2.84 bits per heavy atom. The van der Waals surface area contributed by atoms with Crippen molar-refractivity contribution in [2.24, 2.45) is 10.7 Å². The third-order valence-corrected chi connectivity index (χ3v) is 4.09. The zero-order valence-corrected chi connectivity index (χ0v) is 14.4. The highest BCUT2D eigenvalue weighted by Crippen LogP contribution is 2.19. The molecule has 2 heterocycles. The molecule has 3 N–H and O–H groups in total. The van der Waals surface area contributed by atoms with Gasteiger partial charge >= 0.3 is 0 Å². The molecule has 2 aromatic rings. The van der Waals surface area contributed by atoms with Gasteiger partial charge in [0, 0.05) is 31.3 Å². The van der Waals surface area contributed by atoms with Crippen molar-refractivity contribution in [3.05, 3.63) is 42.1 Å². The minimum atomic E-state index is 0.401. The second-order valence-corrected chi connectivity index (χ2v) is 5.98. The molecule has 0 radical (unpaired) electrons. The Bertz CT molecular complexity index is 665. The second-order valence-electron chi connectivity index (χ2n) is 5.98. The van der Waals surface area contributed by atoms with Crippen LogP contribution in [0.3, 0.4) is 0 Å². The molecule has 1 saturated heterocycles. The number of nitrogens with zero attached hydrogens (tertiary/aromatic N) is 3. The molecule has 3 rings (SSSR count). The van der Waals surface area contributed by atoms with Crippen LogP contribution >= 0.6 is 0 Å². The van der Waals surface area contributed by atoms with Crippen LogP contribution in [-0.4, -0.2) is 55.4 Å². The number of benzene rings is 1. The summed E-state index contributed by atoms with van der Waals surface area (Å²) in [7, 11) is 0. The Kier molecular flexibility index (Phi) is 6.42. The Morgan fingerprint density at radius 2 is 2.04 bits per heavy atom. The lowest BCUT2D eigenvalue weighted by molar-refractivity contribution is 0.0376. The third kappa shape index (κ3) is 5.58. The van der Waals surface area contributed by atoms with Gasteiger partial charge in [-0.1, -0.05) is 35.5 Å². The predicted molar refractivity (Wildman–Crippen MR) is 97.1 cm³/mol. The van der Waals surface area contributed by atoms with E-state index in [4.69, 9.17) is 15.0 Å². The number of nitrogens with one attached hydrogen (secondary N) is 1. The molecule has 0 saturated carbocycles. The average molecular weight is 343 g/mol. The highest BCUT2D eigenvalue weighted by Gasteiger charge is 2.09. The summed E-state index contributed by atoms with van der Waals surface area (Å²) in [6.45, 7) is 5.95. The summed E-state index contributed by atoms with van der Waals surface area (Å²) in [6, 6.07) is 11.8. The first-order chi connectivity index (χ1) is 12.3. The van der Waals surface area contributed by atoms with E-state index in [0.29, 0.717) is 12.5 Å². The van der Waals surface area contributed by atoms with Crippen molar-refractivity contribution in [2.75, 3.05) is 39.4 Å². The predicted octanol–water partition coefficient (Wildman–Crippen LogP) is 1.47. The van der Waals surface area contributed by atoms with Crippen molar-refractivity contribution >= 4 is 5.96 Å². The molecular weight excluding hydrogens is 318 g/mol. The smallest absolute Gasteiger partial charge is 0.188 e. The molecular formula is C18H25N5O2. The highest BCUT2D eigenvalue weighted by molar-refractivity contribution is 5.77. The Balaban J connectivity index is 1.38. The standard InChI is InChI=1S/C18H25N5O2/c19-18(20-7-4-8-23-9-11-24-12-10-23)21-14-16-13-17(25-22-16)15-5-2-1-3-6-15/h1-3,5-6,13H,4,7-12,14H2,(H3,19,20,21). The molecule has 1 aliphatic rings. The zero-order chi connectivity index (χ0) is 17.3. The van der Waals surface area contributed by atoms with E-state index < -0.39 is 0 Å². The molecule has 1 aromatic carbocycles. The molecule has 0 atom stereocenters. The van der Waals surface area contributed by atoms with E-state index >= 15 is 0 Å². The van der Waals surface area contributed by atoms with E-state index in [1.165, 1.54) is 0 Å². The first-order valence-electron chi connectivity index (χ1n) is 8.66. The topological polar surface area (TPSA) is 88.9 Å². The highest BCUT2D eigenvalue weighted by atomic mass is 16.5. The lowest BCUT2D eigenvalue weighted by Crippen LogP contribution is -2.39. The summed E-state index contributed by atoms with van der Waals surface area (Å²) in [5, 5.41) is 7.18. The van der Waals surface area contributed by atoms with E-state index in [1.807, 2.05) is 36.4 Å². The third-order valence-electron chi connectivity index (χ3n) is 4.09. The number of hydrogen-bond acceptors (Lipinski definition) is 5. The average Bonchev–Trinajstić information content (AvgIpc) is 3.14. The summed E-state index contributed by atoms with van der Waals surface area (Å²) in [5.41, 5.74) is 7.67. The Labute approximate surface area is 147 Å². The molecule has 1 aromatic heterocycles. The summed E-state index contributed by atoms with van der Waals surface area (Å²) in [6.07, 6.45) is 1.03. The van der Waals surface area contributed by atoms with Gasteiger partial charge in [0.05, 0.1) is 19.8 Å². The van der Waals surface area contributed by atoms with Crippen molar-refractivity contribution in [2.45, 2.75) is 13.0 Å². The first-order valence-corrected chi connectivity index (χ1v) is 8.66. The number of nitrogens with two attached hydrogens (primary N) is 1. The number of rotatable bonds is 7. The summed E-state index contributed by atoms with van der Waals surface area (Å²) in [4.78, 5) is 6.71. The summed E-state index contributed by atoms with van der Waals surface area (Å²) < 4.78 is 10.7. The SMILES string of the molecule is NC(=NCc1cc(-c2ccccc2)on1)NCCCN1CCOCC1. The minimum Gasteiger partial charge on any atom is -0.379 e. The van der Waals surface area contributed by atoms with E-state index in [0.717, 1.165) is 62.8 Å². The maximum Gasteiger partial charge on any atom is 0.188 e. The van der Waals surface area contributed by atoms with E-state index in [2.05, 4.69) is 20.4 Å². The fourth-order valence-electron chi connectivity index (χ4n) is 2.69. The molecule has 1 aliphatic heterocycles. The van der Waals surface area contributed by atoms with Gasteiger partial charge < -0.3 is 20.3 Å². The quantitative estimate of drug-likeness (QED) is 0.450. The van der Waals surface area contributed by atoms with Gasteiger partial charge in [-0.25, -0.2) is 4.99 Å². The van der Waals surface area contributed by atoms with Crippen LogP contribution in [0.4, 0.5) is 0 Å². The van der Waals surface area contributed by atoms with Crippen LogP contribution in [0.5, 0.6) is 0 Å². The number of ether oxygens (including phenoxy) is 1. The molecule has 0 bridgehead atoms. The van der Waals surface area contributed by atoms with Gasteiger partial charge in [0.15, 0.2) is 11.7 Å². The molecule has 0 aliphatic carbocycles. The Hall–Kier alpha value is -2.38. The minimum absolute atomic E-state index is 0.401. The van der Waals surface area contributed by atoms with Crippen molar-refractivity contribution in [1.29, 1.82) is 0 Å². The van der Waals surface area contributed by atoms with Crippen LogP contribution in [0.2, 0.25) is 0 Å². The first kappa shape index (κ1) is 17.4. The van der Waals surface area contributed by atoms with Crippen LogP contribution in [-0.2, 0) is 11.3 Å². The molecule has 25 heavy (non-hydrogen) atoms. The Morgan fingerprint density at radius 1 is 1.24 bits per heavy atom. The molecule has 0 unspecified atom stereocenters. The lowest BCUT2D eigenvalue weighted by Gasteiger charge is -2.26. The van der Waals surface area contributed by atoms with Gasteiger partial charge in [0.1, 0.15) is 5.69 Å². The fraction of sp³-hybridized carbons (Fsp3) is 0.444. The van der Waals surface area contributed by atoms with Crippen LogP contribution in [0.25, 0.3) is 11.3 Å². The molecule has 134 valence electrons. The van der Waals surface area contributed by atoms with Crippen molar-refractivity contribution < 1.29 is 9.26 Å². The number of aromatic nitrogens is 1. The number of aliphatic imine (C=N–C) groups is 1. The van der Waals surface area contributed by atoms with Crippen molar-refractivity contribution in [3.8, 4) is 11.3 Å². The zero-order valence-electron chi connectivity index (χ0n) is 14.4. The number of morpholine rings is 1. The van der Waals surface area contributed by atoms with Gasteiger partial charge in [-0.15, -0.1) is 0 Å². The largest absolute Gasteiger partial charge is 0.379 e. The van der Waals surface area contributed by atoms with Gasteiger partial charge in [-0.2, -0.15) is 0 Å². The van der Waals surface area contributed by atoms with Crippen molar-refractivity contribution in [3.63, 3.8) is 0 Å². The normalized spacial score (nSPS) is 16.1. The summed E-state index contributed by atoms with van der Waals surface area (Å²) >= 11 is 0. The number of guanidine groups is 1. The molecule has 0 amide bonds.